The molecule has 0 aliphatic carbocycles. The Morgan fingerprint density at radius 3 is 2.76 bits per heavy atom. The van der Waals surface area contributed by atoms with Crippen molar-refractivity contribution in [1.29, 1.82) is 0 Å². The summed E-state index contributed by atoms with van der Waals surface area (Å²) in [6, 6.07) is 8.13. The van der Waals surface area contributed by atoms with E-state index >= 15 is 0 Å². The van der Waals surface area contributed by atoms with Gasteiger partial charge in [-0.2, -0.15) is 4.98 Å². The maximum atomic E-state index is 12.5. The van der Waals surface area contributed by atoms with Gasteiger partial charge in [-0.3, -0.25) is 9.59 Å². The molecule has 1 aromatic carbocycles. The molecule has 0 N–H and O–H groups in total. The summed E-state index contributed by atoms with van der Waals surface area (Å²) in [5.74, 6) is 1.18. The van der Waals surface area contributed by atoms with E-state index in [1.807, 2.05) is 13.8 Å². The second-order valence-corrected chi connectivity index (χ2v) is 6.52. The molecule has 0 radical (unpaired) electrons. The molecule has 3 heterocycles. The minimum atomic E-state index is -0.303. The van der Waals surface area contributed by atoms with E-state index in [0.717, 1.165) is 0 Å². The Morgan fingerprint density at radius 1 is 1.28 bits per heavy atom. The third-order valence-corrected chi connectivity index (χ3v) is 4.34. The van der Waals surface area contributed by atoms with Gasteiger partial charge in [-0.25, -0.2) is 0 Å². The lowest BCUT2D eigenvalue weighted by atomic mass is 9.99. The molecule has 4 rings (SSSR count). The minimum absolute atomic E-state index is 0.0242. The average molecular weight is 339 g/mol. The summed E-state index contributed by atoms with van der Waals surface area (Å²) < 4.78 is 10.9. The number of carbonyl (C=O) groups is 1. The van der Waals surface area contributed by atoms with Crippen molar-refractivity contribution < 1.29 is 13.7 Å². The molecule has 3 aromatic rings. The van der Waals surface area contributed by atoms with Crippen LogP contribution in [0, 0.1) is 0 Å². The van der Waals surface area contributed by atoms with Crippen LogP contribution in [-0.2, 0) is 0 Å². The summed E-state index contributed by atoms with van der Waals surface area (Å²) >= 11 is 0. The number of rotatable bonds is 3. The highest BCUT2D eigenvalue weighted by Crippen LogP contribution is 2.28. The fourth-order valence-corrected chi connectivity index (χ4v) is 2.81. The van der Waals surface area contributed by atoms with Gasteiger partial charge in [0.2, 0.25) is 5.89 Å². The predicted molar refractivity (Wildman–Crippen MR) is 89.5 cm³/mol. The monoisotopic (exact) mass is 339 g/mol. The van der Waals surface area contributed by atoms with Gasteiger partial charge in [-0.15, -0.1) is 0 Å². The molecule has 0 bridgehead atoms. The molecular weight excluding hydrogens is 322 g/mol. The van der Waals surface area contributed by atoms with Crippen LogP contribution in [-0.4, -0.2) is 34.0 Å². The number of carbonyl (C=O) groups excluding carboxylic acids is 1. The molecule has 1 fully saturated rings. The fourth-order valence-electron chi connectivity index (χ4n) is 2.81. The highest BCUT2D eigenvalue weighted by Gasteiger charge is 2.37. The smallest absolute Gasteiger partial charge is 0.289 e. The van der Waals surface area contributed by atoms with E-state index in [9.17, 15) is 9.59 Å². The van der Waals surface area contributed by atoms with Crippen LogP contribution in [0.2, 0.25) is 0 Å². The quantitative estimate of drug-likeness (QED) is 0.728. The molecule has 1 saturated heterocycles. The number of para-hydroxylation sites is 1. The van der Waals surface area contributed by atoms with Gasteiger partial charge in [0.25, 0.3) is 5.91 Å². The summed E-state index contributed by atoms with van der Waals surface area (Å²) in [6.07, 6.45) is 0. The van der Waals surface area contributed by atoms with E-state index in [-0.39, 0.29) is 28.9 Å². The first kappa shape index (κ1) is 15.6. The van der Waals surface area contributed by atoms with E-state index in [2.05, 4.69) is 10.1 Å². The molecule has 7 heteroatoms. The van der Waals surface area contributed by atoms with Crippen LogP contribution in [0.5, 0.6) is 0 Å². The van der Waals surface area contributed by atoms with E-state index < -0.39 is 0 Å². The Labute approximate surface area is 143 Å². The van der Waals surface area contributed by atoms with Crippen molar-refractivity contribution in [1.82, 2.24) is 15.0 Å². The molecule has 25 heavy (non-hydrogen) atoms. The first-order valence-corrected chi connectivity index (χ1v) is 8.18. The highest BCUT2D eigenvalue weighted by atomic mass is 16.5. The lowest BCUT2D eigenvalue weighted by Crippen LogP contribution is -2.48. The van der Waals surface area contributed by atoms with Crippen molar-refractivity contribution in [2.45, 2.75) is 25.7 Å². The number of likely N-dealkylation sites (tertiary alicyclic amines) is 1. The summed E-state index contributed by atoms with van der Waals surface area (Å²) in [5, 5.41) is 4.41. The van der Waals surface area contributed by atoms with Crippen molar-refractivity contribution >= 4 is 16.9 Å². The molecule has 2 aromatic heterocycles. The zero-order valence-corrected chi connectivity index (χ0v) is 13.9. The van der Waals surface area contributed by atoms with Crippen LogP contribution in [0.3, 0.4) is 0 Å². The topological polar surface area (TPSA) is 89.4 Å². The third kappa shape index (κ3) is 2.71. The Hall–Kier alpha value is -2.96. The van der Waals surface area contributed by atoms with Crippen molar-refractivity contribution in [3.63, 3.8) is 0 Å². The van der Waals surface area contributed by atoms with Crippen LogP contribution in [0.4, 0.5) is 0 Å². The molecule has 128 valence electrons. The first-order chi connectivity index (χ1) is 12.0. The standard InChI is InChI=1S/C18H17N3O4/c1-10(2)16-19-17(25-20-16)11-8-21(9-11)18(23)15-7-13(22)12-5-3-4-6-14(12)24-15/h3-7,10-11H,8-9H2,1-2H3. The summed E-state index contributed by atoms with van der Waals surface area (Å²) in [4.78, 5) is 30.6. The molecular formula is C18H17N3O4. The van der Waals surface area contributed by atoms with Crippen LogP contribution in [0.1, 0.15) is 48.0 Å². The van der Waals surface area contributed by atoms with Gasteiger partial charge >= 0.3 is 0 Å². The van der Waals surface area contributed by atoms with Crippen molar-refractivity contribution in [2.24, 2.45) is 0 Å². The molecule has 1 amide bonds. The summed E-state index contributed by atoms with van der Waals surface area (Å²) in [6.45, 7) is 4.92. The summed E-state index contributed by atoms with van der Waals surface area (Å²) in [7, 11) is 0. The highest BCUT2D eigenvalue weighted by molar-refractivity contribution is 5.93. The lowest BCUT2D eigenvalue weighted by molar-refractivity contribution is 0.0537. The van der Waals surface area contributed by atoms with Gasteiger partial charge in [0.1, 0.15) is 5.58 Å². The maximum absolute atomic E-state index is 12.5. The lowest BCUT2D eigenvalue weighted by Gasteiger charge is -2.36. The van der Waals surface area contributed by atoms with Gasteiger partial charge < -0.3 is 13.8 Å². The maximum Gasteiger partial charge on any atom is 0.289 e. The van der Waals surface area contributed by atoms with E-state index in [1.165, 1.54) is 6.07 Å². The van der Waals surface area contributed by atoms with Crippen molar-refractivity contribution in [2.75, 3.05) is 13.1 Å². The number of aromatic nitrogens is 2. The SMILES string of the molecule is CC(C)c1noc(C2CN(C(=O)c3cc(=O)c4ccccc4o3)C2)n1. The Bertz CT molecular complexity index is 999. The van der Waals surface area contributed by atoms with Crippen LogP contribution >= 0.6 is 0 Å². The number of fused-ring (bicyclic) bond motifs is 1. The number of hydrogen-bond acceptors (Lipinski definition) is 6. The number of hydrogen-bond donors (Lipinski definition) is 0. The van der Waals surface area contributed by atoms with Gasteiger partial charge in [0, 0.05) is 25.1 Å². The second kappa shape index (κ2) is 5.84. The third-order valence-electron chi connectivity index (χ3n) is 4.34. The molecule has 1 aliphatic heterocycles. The molecule has 7 nitrogen and oxygen atoms in total. The number of nitrogens with zero attached hydrogens (tertiary/aromatic N) is 3. The Morgan fingerprint density at radius 2 is 2.04 bits per heavy atom. The Balaban J connectivity index is 1.50. The second-order valence-electron chi connectivity index (χ2n) is 6.52. The minimum Gasteiger partial charge on any atom is -0.451 e. The van der Waals surface area contributed by atoms with Crippen LogP contribution < -0.4 is 5.43 Å². The number of benzene rings is 1. The fraction of sp³-hybridized carbons (Fsp3) is 0.333. The predicted octanol–water partition coefficient (Wildman–Crippen LogP) is 2.54. The zero-order chi connectivity index (χ0) is 17.6. The van der Waals surface area contributed by atoms with Gasteiger partial charge in [-0.1, -0.05) is 31.1 Å². The van der Waals surface area contributed by atoms with Crippen molar-refractivity contribution in [3.05, 3.63) is 58.0 Å². The van der Waals surface area contributed by atoms with Crippen LogP contribution in [0.25, 0.3) is 11.0 Å². The normalized spacial score (nSPS) is 14.9. The van der Waals surface area contributed by atoms with Gasteiger partial charge in [0.15, 0.2) is 17.0 Å². The molecule has 0 atom stereocenters. The van der Waals surface area contributed by atoms with Crippen LogP contribution in [0.15, 0.2) is 44.1 Å². The van der Waals surface area contributed by atoms with Crippen molar-refractivity contribution in [3.8, 4) is 0 Å². The number of amides is 1. The van der Waals surface area contributed by atoms with Gasteiger partial charge in [-0.05, 0) is 12.1 Å². The molecule has 0 unspecified atom stereocenters. The zero-order valence-electron chi connectivity index (χ0n) is 13.9. The Kier molecular flexibility index (Phi) is 3.63. The molecule has 1 aliphatic rings. The largest absolute Gasteiger partial charge is 0.451 e. The average Bonchev–Trinajstić information content (AvgIpc) is 3.03. The van der Waals surface area contributed by atoms with E-state index in [1.54, 1.807) is 29.2 Å². The van der Waals surface area contributed by atoms with Gasteiger partial charge in [0.05, 0.1) is 11.3 Å². The molecule has 0 saturated carbocycles. The first-order valence-electron chi connectivity index (χ1n) is 8.18. The molecule has 0 spiro atoms. The summed E-state index contributed by atoms with van der Waals surface area (Å²) in [5.41, 5.74) is 0.189. The van der Waals surface area contributed by atoms with E-state index in [4.69, 9.17) is 8.94 Å². The van der Waals surface area contributed by atoms with E-state index in [0.29, 0.717) is 35.8 Å².